The van der Waals surface area contributed by atoms with Crippen LogP contribution in [0.2, 0.25) is 10.0 Å². The molecule has 0 unspecified atom stereocenters. The fourth-order valence-corrected chi connectivity index (χ4v) is 4.93. The first-order chi connectivity index (χ1) is 14.0. The highest BCUT2D eigenvalue weighted by Crippen LogP contribution is 2.43. The number of benzene rings is 2. The highest BCUT2D eigenvalue weighted by Gasteiger charge is 2.47. The first-order valence-electron chi connectivity index (χ1n) is 9.64. The van der Waals surface area contributed by atoms with Gasteiger partial charge in [-0.2, -0.15) is 0 Å². The number of carbonyl (C=O) groups excluding carboxylic acids is 2. The molecule has 5 nitrogen and oxygen atoms in total. The van der Waals surface area contributed by atoms with Gasteiger partial charge >= 0.3 is 0 Å². The van der Waals surface area contributed by atoms with Crippen LogP contribution in [0.15, 0.2) is 42.5 Å². The van der Waals surface area contributed by atoms with Crippen LogP contribution in [0.25, 0.3) is 10.9 Å². The highest BCUT2D eigenvalue weighted by molar-refractivity contribution is 6.42. The molecule has 7 heteroatoms. The average Bonchev–Trinajstić information content (AvgIpc) is 3.09. The third-order valence-electron chi connectivity index (χ3n) is 5.98. The van der Waals surface area contributed by atoms with Gasteiger partial charge < -0.3 is 14.8 Å². The van der Waals surface area contributed by atoms with Crippen LogP contribution in [0.5, 0.6) is 0 Å². The number of piperazine rings is 1. The van der Waals surface area contributed by atoms with Gasteiger partial charge in [-0.25, -0.2) is 0 Å². The second kappa shape index (κ2) is 6.78. The molecule has 0 spiro atoms. The molecule has 1 aromatic heterocycles. The van der Waals surface area contributed by atoms with Crippen LogP contribution in [0.3, 0.4) is 0 Å². The third kappa shape index (κ3) is 2.75. The molecular weight excluding hydrogens is 409 g/mol. The zero-order valence-electron chi connectivity index (χ0n) is 15.8. The van der Waals surface area contributed by atoms with Gasteiger partial charge in [0.1, 0.15) is 6.04 Å². The van der Waals surface area contributed by atoms with Gasteiger partial charge in [0.15, 0.2) is 0 Å². The quantitative estimate of drug-likeness (QED) is 0.666. The molecule has 2 atom stereocenters. The van der Waals surface area contributed by atoms with Crippen LogP contribution < -0.4 is 0 Å². The highest BCUT2D eigenvalue weighted by atomic mass is 35.5. The SMILES string of the molecule is CCN1CC(=O)N2[C@@H](c3ccc(Cl)c(Cl)c3)c3[nH]c4ccccc4c3C[C@H]2C1=O. The smallest absolute Gasteiger partial charge is 0.246 e. The third-order valence-corrected chi connectivity index (χ3v) is 6.72. The Kier molecular flexibility index (Phi) is 4.33. The first kappa shape index (κ1) is 18.5. The van der Waals surface area contributed by atoms with Crippen LogP contribution in [0.1, 0.15) is 29.8 Å². The zero-order valence-corrected chi connectivity index (χ0v) is 17.3. The lowest BCUT2D eigenvalue weighted by molar-refractivity contribution is -0.158. The maximum Gasteiger partial charge on any atom is 0.246 e. The molecule has 1 saturated heterocycles. The number of hydrogen-bond acceptors (Lipinski definition) is 2. The lowest BCUT2D eigenvalue weighted by Crippen LogP contribution is -2.62. The molecule has 29 heavy (non-hydrogen) atoms. The number of aromatic nitrogens is 1. The lowest BCUT2D eigenvalue weighted by Gasteiger charge is -2.47. The van der Waals surface area contributed by atoms with E-state index in [4.69, 9.17) is 23.2 Å². The van der Waals surface area contributed by atoms with Crippen molar-refractivity contribution >= 4 is 45.9 Å². The van der Waals surface area contributed by atoms with Crippen molar-refractivity contribution in [2.75, 3.05) is 13.1 Å². The van der Waals surface area contributed by atoms with E-state index in [9.17, 15) is 9.59 Å². The van der Waals surface area contributed by atoms with Crippen molar-refractivity contribution in [3.8, 4) is 0 Å². The van der Waals surface area contributed by atoms with E-state index in [0.29, 0.717) is 23.0 Å². The number of nitrogens with zero attached hydrogens (tertiary/aromatic N) is 2. The summed E-state index contributed by atoms with van der Waals surface area (Å²) in [6, 6.07) is 12.5. The Balaban J connectivity index is 1.75. The number of aromatic amines is 1. The van der Waals surface area contributed by atoms with E-state index in [1.54, 1.807) is 21.9 Å². The Morgan fingerprint density at radius 2 is 1.90 bits per heavy atom. The van der Waals surface area contributed by atoms with Crippen molar-refractivity contribution in [3.63, 3.8) is 0 Å². The molecule has 5 rings (SSSR count). The summed E-state index contributed by atoms with van der Waals surface area (Å²) in [7, 11) is 0. The molecule has 0 aliphatic carbocycles. The summed E-state index contributed by atoms with van der Waals surface area (Å²) in [5, 5.41) is 1.97. The molecule has 1 fully saturated rings. The Labute approximate surface area is 178 Å². The van der Waals surface area contributed by atoms with Crippen molar-refractivity contribution < 1.29 is 9.59 Å². The van der Waals surface area contributed by atoms with Gasteiger partial charge in [0.25, 0.3) is 0 Å². The van der Waals surface area contributed by atoms with Gasteiger partial charge in [0, 0.05) is 29.6 Å². The van der Waals surface area contributed by atoms with Gasteiger partial charge in [-0.15, -0.1) is 0 Å². The number of rotatable bonds is 2. The molecule has 0 radical (unpaired) electrons. The monoisotopic (exact) mass is 427 g/mol. The van der Waals surface area contributed by atoms with Crippen molar-refractivity contribution in [2.24, 2.45) is 0 Å². The van der Waals surface area contributed by atoms with Gasteiger partial charge in [-0.1, -0.05) is 47.5 Å². The lowest BCUT2D eigenvalue weighted by atomic mass is 9.86. The molecule has 2 amide bonds. The molecule has 3 heterocycles. The standard InChI is InChI=1S/C22H19Cl2N3O2/c1-2-26-11-19(28)27-18(22(26)29)10-14-13-5-3-4-6-17(13)25-20(14)21(27)12-7-8-15(23)16(24)9-12/h3-9,18,21,25H,2,10-11H2,1H3/t18-,21-/m0/s1. The zero-order chi connectivity index (χ0) is 20.3. The van der Waals surface area contributed by atoms with Crippen molar-refractivity contribution in [2.45, 2.75) is 25.4 Å². The van der Waals surface area contributed by atoms with E-state index < -0.39 is 12.1 Å². The van der Waals surface area contributed by atoms with Gasteiger partial charge in [0.05, 0.1) is 22.6 Å². The molecule has 0 saturated carbocycles. The van der Waals surface area contributed by atoms with E-state index in [0.717, 1.165) is 27.7 Å². The number of hydrogen-bond donors (Lipinski definition) is 1. The fraction of sp³-hybridized carbons (Fsp3) is 0.273. The van der Waals surface area contributed by atoms with Crippen LogP contribution in [-0.2, 0) is 16.0 Å². The van der Waals surface area contributed by atoms with Crippen molar-refractivity contribution in [1.29, 1.82) is 0 Å². The molecule has 2 aliphatic heterocycles. The molecule has 1 N–H and O–H groups in total. The summed E-state index contributed by atoms with van der Waals surface area (Å²) in [4.78, 5) is 33.2. The minimum absolute atomic E-state index is 0.00640. The van der Waals surface area contributed by atoms with Crippen LogP contribution in [0, 0.1) is 0 Å². The molecule has 3 aromatic rings. The van der Waals surface area contributed by atoms with E-state index in [1.807, 2.05) is 31.2 Å². The van der Waals surface area contributed by atoms with Gasteiger partial charge in [-0.3, -0.25) is 9.59 Å². The summed E-state index contributed by atoms with van der Waals surface area (Å²) < 4.78 is 0. The fourth-order valence-electron chi connectivity index (χ4n) is 4.62. The second-order valence-electron chi connectivity index (χ2n) is 7.51. The molecule has 2 aromatic carbocycles. The number of likely N-dealkylation sites (N-methyl/N-ethyl adjacent to an activating group) is 1. The summed E-state index contributed by atoms with van der Waals surface area (Å²) in [6.45, 7) is 2.52. The van der Waals surface area contributed by atoms with E-state index in [1.165, 1.54) is 0 Å². The summed E-state index contributed by atoms with van der Waals surface area (Å²) >= 11 is 12.4. The first-order valence-corrected chi connectivity index (χ1v) is 10.4. The molecular formula is C22H19Cl2N3O2. The Bertz CT molecular complexity index is 1160. The number of fused-ring (bicyclic) bond motifs is 4. The number of H-pyrrole nitrogens is 1. The Morgan fingerprint density at radius 3 is 2.66 bits per heavy atom. The number of carbonyl (C=O) groups is 2. The number of halogens is 2. The largest absolute Gasteiger partial charge is 0.356 e. The van der Waals surface area contributed by atoms with Crippen molar-refractivity contribution in [1.82, 2.24) is 14.8 Å². The predicted octanol–water partition coefficient (Wildman–Crippen LogP) is 4.18. The van der Waals surface area contributed by atoms with E-state index in [2.05, 4.69) is 11.1 Å². The number of para-hydroxylation sites is 1. The topological polar surface area (TPSA) is 56.4 Å². The van der Waals surface area contributed by atoms with E-state index >= 15 is 0 Å². The maximum atomic E-state index is 13.2. The normalized spacial score (nSPS) is 21.5. The molecule has 2 aliphatic rings. The average molecular weight is 428 g/mol. The van der Waals surface area contributed by atoms with Gasteiger partial charge in [0.2, 0.25) is 11.8 Å². The predicted molar refractivity (Wildman–Crippen MR) is 113 cm³/mol. The summed E-state index contributed by atoms with van der Waals surface area (Å²) in [5.74, 6) is -0.0649. The minimum atomic E-state index is -0.526. The molecule has 148 valence electrons. The Hall–Kier alpha value is -2.50. The minimum Gasteiger partial charge on any atom is -0.356 e. The van der Waals surface area contributed by atoms with Crippen LogP contribution in [-0.4, -0.2) is 45.7 Å². The maximum absolute atomic E-state index is 13.2. The van der Waals surface area contributed by atoms with Crippen LogP contribution >= 0.6 is 23.2 Å². The second-order valence-corrected chi connectivity index (χ2v) is 8.33. The molecule has 0 bridgehead atoms. The summed E-state index contributed by atoms with van der Waals surface area (Å²) in [6.07, 6.45) is 0.498. The number of amides is 2. The van der Waals surface area contributed by atoms with E-state index in [-0.39, 0.29) is 18.4 Å². The number of nitrogens with one attached hydrogen (secondary N) is 1. The van der Waals surface area contributed by atoms with Crippen molar-refractivity contribution in [3.05, 3.63) is 69.3 Å². The van der Waals surface area contributed by atoms with Crippen LogP contribution in [0.4, 0.5) is 0 Å². The van der Waals surface area contributed by atoms with Gasteiger partial charge in [-0.05, 0) is 36.2 Å². The summed E-state index contributed by atoms with van der Waals surface area (Å²) in [5.41, 5.74) is 3.85. The Morgan fingerprint density at radius 1 is 1.10 bits per heavy atom.